The Bertz CT molecular complexity index is 671. The van der Waals surface area contributed by atoms with Crippen molar-refractivity contribution < 1.29 is 8.42 Å². The Morgan fingerprint density at radius 1 is 1.29 bits per heavy atom. The van der Waals surface area contributed by atoms with Gasteiger partial charge in [0.15, 0.2) is 0 Å². The van der Waals surface area contributed by atoms with Gasteiger partial charge in [-0.3, -0.25) is 14.6 Å². The van der Waals surface area contributed by atoms with E-state index in [1.807, 2.05) is 6.07 Å². The normalized spacial score (nSPS) is 27.5. The fourth-order valence-electron chi connectivity index (χ4n) is 2.75. The number of nitrogens with zero attached hydrogens (tertiary/aromatic N) is 3. The van der Waals surface area contributed by atoms with Gasteiger partial charge in [0, 0.05) is 31.2 Å². The number of nitrogens with one attached hydrogen (secondary N) is 1. The fourth-order valence-corrected chi connectivity index (χ4v) is 4.00. The van der Waals surface area contributed by atoms with Crippen LogP contribution in [-0.4, -0.2) is 70.4 Å². The summed E-state index contributed by atoms with van der Waals surface area (Å²) >= 11 is 0. The van der Waals surface area contributed by atoms with Crippen LogP contribution in [0.4, 0.5) is 0 Å². The van der Waals surface area contributed by atoms with Crippen LogP contribution in [0.5, 0.6) is 0 Å². The number of sulfonamides is 1. The fraction of sp³-hybridized carbons (Fsp3) is 0.500. The molecular weight excluding hydrogens is 288 g/mol. The molecule has 7 heteroatoms. The van der Waals surface area contributed by atoms with E-state index in [1.54, 1.807) is 18.2 Å². The van der Waals surface area contributed by atoms with E-state index in [2.05, 4.69) is 33.6 Å². The second-order valence-corrected chi connectivity index (χ2v) is 7.34. The molecule has 6 nitrogen and oxygen atoms in total. The largest absolute Gasteiger partial charge is 0.303 e. The molecule has 0 saturated carbocycles. The Hall–Kier alpha value is -1.44. The second kappa shape index (κ2) is 5.40. The number of rotatable bonds is 2. The van der Waals surface area contributed by atoms with Gasteiger partial charge in [0.2, 0.25) is 0 Å². The smallest absolute Gasteiger partial charge is 0.263 e. The molecule has 1 saturated heterocycles. The monoisotopic (exact) mass is 308 g/mol. The molecule has 0 radical (unpaired) electrons. The van der Waals surface area contributed by atoms with E-state index in [0.29, 0.717) is 28.9 Å². The summed E-state index contributed by atoms with van der Waals surface area (Å²) in [6.07, 6.45) is 0. The van der Waals surface area contributed by atoms with Crippen molar-refractivity contribution in [3.8, 4) is 0 Å². The van der Waals surface area contributed by atoms with Gasteiger partial charge in [0.05, 0.1) is 11.4 Å². The predicted molar refractivity (Wildman–Crippen MR) is 82.1 cm³/mol. The minimum atomic E-state index is -3.44. The molecule has 1 N–H and O–H groups in total. The zero-order valence-corrected chi connectivity index (χ0v) is 13.1. The summed E-state index contributed by atoms with van der Waals surface area (Å²) in [6.45, 7) is 3.60. The maximum absolute atomic E-state index is 12.0. The molecule has 0 aromatic heterocycles. The standard InChI is InChI=1S/C14H20N4O2S/c1-17-7-8-18(2)11(10-17)9-15-14-12-5-3-4-6-13(12)21(19,20)16-14/h3-6,11H,7-10H2,1-2H3,(H,15,16). The Morgan fingerprint density at radius 2 is 2.05 bits per heavy atom. The lowest BCUT2D eigenvalue weighted by atomic mass is 10.2. The summed E-state index contributed by atoms with van der Waals surface area (Å²) in [7, 11) is 0.749. The molecule has 1 unspecified atom stereocenters. The SMILES string of the molecule is CN1CCN(C)C(CN=C2NS(=O)(=O)c3ccccc32)C1. The van der Waals surface area contributed by atoms with Crippen molar-refractivity contribution in [2.24, 2.45) is 4.99 Å². The van der Waals surface area contributed by atoms with E-state index in [1.165, 1.54) is 0 Å². The molecule has 2 heterocycles. The lowest BCUT2D eigenvalue weighted by molar-refractivity contribution is 0.119. The number of hydrogen-bond acceptors (Lipinski definition) is 5. The van der Waals surface area contributed by atoms with Crippen LogP contribution >= 0.6 is 0 Å². The van der Waals surface area contributed by atoms with Crippen LogP contribution in [0.2, 0.25) is 0 Å². The number of piperazine rings is 1. The Labute approximate surface area is 125 Å². The van der Waals surface area contributed by atoms with Crippen molar-refractivity contribution in [2.45, 2.75) is 10.9 Å². The molecule has 1 atom stereocenters. The molecule has 2 aliphatic heterocycles. The minimum Gasteiger partial charge on any atom is -0.303 e. The van der Waals surface area contributed by atoms with Crippen LogP contribution in [-0.2, 0) is 10.0 Å². The highest BCUT2D eigenvalue weighted by atomic mass is 32.2. The zero-order chi connectivity index (χ0) is 15.0. The molecule has 3 rings (SSSR count). The van der Waals surface area contributed by atoms with E-state index in [-0.39, 0.29) is 0 Å². The van der Waals surface area contributed by atoms with E-state index >= 15 is 0 Å². The average molecular weight is 308 g/mol. The molecule has 0 bridgehead atoms. The maximum Gasteiger partial charge on any atom is 0.263 e. The number of benzene rings is 1. The third kappa shape index (κ3) is 2.81. The van der Waals surface area contributed by atoms with E-state index in [9.17, 15) is 8.42 Å². The summed E-state index contributed by atoms with van der Waals surface area (Å²) in [4.78, 5) is 9.40. The topological polar surface area (TPSA) is 65.0 Å². The van der Waals surface area contributed by atoms with Gasteiger partial charge in [-0.15, -0.1) is 0 Å². The van der Waals surface area contributed by atoms with Gasteiger partial charge < -0.3 is 4.90 Å². The van der Waals surface area contributed by atoms with E-state index < -0.39 is 10.0 Å². The number of fused-ring (bicyclic) bond motifs is 1. The quantitative estimate of drug-likeness (QED) is 0.833. The summed E-state index contributed by atoms with van der Waals surface area (Å²) in [5.74, 6) is 0.465. The molecule has 1 aromatic rings. The first-order valence-electron chi connectivity index (χ1n) is 7.03. The molecule has 0 spiro atoms. The third-order valence-corrected chi connectivity index (χ3v) is 5.50. The van der Waals surface area contributed by atoms with Crippen molar-refractivity contribution in [3.05, 3.63) is 29.8 Å². The highest BCUT2D eigenvalue weighted by Crippen LogP contribution is 2.22. The lowest BCUT2D eigenvalue weighted by Crippen LogP contribution is -2.51. The first-order valence-corrected chi connectivity index (χ1v) is 8.51. The number of hydrogen-bond donors (Lipinski definition) is 1. The van der Waals surface area contributed by atoms with E-state index in [0.717, 1.165) is 19.6 Å². The Kier molecular flexibility index (Phi) is 3.73. The van der Waals surface area contributed by atoms with Gasteiger partial charge >= 0.3 is 0 Å². The number of aliphatic imine (C=N–C) groups is 1. The van der Waals surface area contributed by atoms with Gasteiger partial charge in [0.1, 0.15) is 5.84 Å². The molecule has 2 aliphatic rings. The van der Waals surface area contributed by atoms with Crippen LogP contribution in [0, 0.1) is 0 Å². The molecular formula is C14H20N4O2S. The molecule has 1 fully saturated rings. The lowest BCUT2D eigenvalue weighted by Gasteiger charge is -2.36. The maximum atomic E-state index is 12.0. The van der Waals surface area contributed by atoms with Crippen molar-refractivity contribution >= 4 is 15.9 Å². The van der Waals surface area contributed by atoms with E-state index in [4.69, 9.17) is 0 Å². The highest BCUT2D eigenvalue weighted by molar-refractivity contribution is 7.90. The summed E-state index contributed by atoms with van der Waals surface area (Å²) in [5, 5.41) is 0. The van der Waals surface area contributed by atoms with Crippen molar-refractivity contribution in [3.63, 3.8) is 0 Å². The molecule has 0 amide bonds. The molecule has 0 aliphatic carbocycles. The first-order chi connectivity index (χ1) is 9.97. The van der Waals surface area contributed by atoms with Gasteiger partial charge in [-0.25, -0.2) is 8.42 Å². The van der Waals surface area contributed by atoms with Crippen molar-refractivity contribution in [2.75, 3.05) is 40.3 Å². The average Bonchev–Trinajstić information content (AvgIpc) is 2.72. The highest BCUT2D eigenvalue weighted by Gasteiger charge is 2.30. The van der Waals surface area contributed by atoms with Gasteiger partial charge in [0.25, 0.3) is 10.0 Å². The zero-order valence-electron chi connectivity index (χ0n) is 12.3. The number of amidine groups is 1. The van der Waals surface area contributed by atoms with Crippen molar-refractivity contribution in [1.29, 1.82) is 0 Å². The third-order valence-electron chi connectivity index (χ3n) is 4.10. The second-order valence-electron chi connectivity index (χ2n) is 5.69. The summed E-state index contributed by atoms with van der Waals surface area (Å²) in [6, 6.07) is 7.28. The summed E-state index contributed by atoms with van der Waals surface area (Å²) in [5.41, 5.74) is 0.671. The van der Waals surface area contributed by atoms with Crippen LogP contribution < -0.4 is 4.72 Å². The first kappa shape index (κ1) is 14.5. The Morgan fingerprint density at radius 3 is 2.86 bits per heavy atom. The predicted octanol–water partition coefficient (Wildman–Crippen LogP) is -0.0291. The molecule has 21 heavy (non-hydrogen) atoms. The molecule has 1 aromatic carbocycles. The van der Waals surface area contributed by atoms with Crippen LogP contribution in [0.1, 0.15) is 5.56 Å². The Balaban J connectivity index is 1.82. The number of likely N-dealkylation sites (N-methyl/N-ethyl adjacent to an activating group) is 2. The van der Waals surface area contributed by atoms with Crippen LogP contribution in [0.15, 0.2) is 34.2 Å². The van der Waals surface area contributed by atoms with Gasteiger partial charge in [-0.2, -0.15) is 0 Å². The van der Waals surface area contributed by atoms with Crippen molar-refractivity contribution in [1.82, 2.24) is 14.5 Å². The molecule has 114 valence electrons. The summed E-state index contributed by atoms with van der Waals surface area (Å²) < 4.78 is 26.6. The van der Waals surface area contributed by atoms with Crippen LogP contribution in [0.25, 0.3) is 0 Å². The van der Waals surface area contributed by atoms with Gasteiger partial charge in [-0.1, -0.05) is 12.1 Å². The van der Waals surface area contributed by atoms with Gasteiger partial charge in [-0.05, 0) is 26.2 Å². The minimum absolute atomic E-state index is 0.313. The van der Waals surface area contributed by atoms with Crippen LogP contribution in [0.3, 0.4) is 0 Å².